The number of nitrogens with zero attached hydrogens (tertiary/aromatic N) is 1. The highest BCUT2D eigenvalue weighted by Crippen LogP contribution is 2.25. The highest BCUT2D eigenvalue weighted by atomic mass is 16.5. The Hall–Kier alpha value is -0.900. The number of nitrogens with one attached hydrogen (secondary N) is 1. The largest absolute Gasteiger partial charge is 0.376 e. The van der Waals surface area contributed by atoms with Gasteiger partial charge in [0.2, 0.25) is 0 Å². The van der Waals surface area contributed by atoms with Crippen molar-refractivity contribution in [3.8, 4) is 0 Å². The van der Waals surface area contributed by atoms with Crippen LogP contribution in [-0.4, -0.2) is 43.8 Å². The molecule has 3 nitrogen and oxygen atoms in total. The van der Waals surface area contributed by atoms with Crippen LogP contribution in [0.25, 0.3) is 0 Å². The molecule has 0 saturated carbocycles. The summed E-state index contributed by atoms with van der Waals surface area (Å²) in [6.45, 7) is 8.55. The van der Waals surface area contributed by atoms with E-state index in [0.29, 0.717) is 12.0 Å². The molecule has 1 aromatic carbocycles. The van der Waals surface area contributed by atoms with Gasteiger partial charge in [0.15, 0.2) is 0 Å². The average molecular weight is 260 g/mol. The molecule has 2 aliphatic rings. The van der Waals surface area contributed by atoms with Gasteiger partial charge < -0.3 is 10.1 Å². The van der Waals surface area contributed by atoms with Crippen molar-refractivity contribution in [2.24, 2.45) is 0 Å². The summed E-state index contributed by atoms with van der Waals surface area (Å²) in [6, 6.07) is 8.87. The third kappa shape index (κ3) is 2.99. The second-order valence-electron chi connectivity index (χ2n) is 5.69. The normalized spacial score (nSPS) is 28.1. The fourth-order valence-electron chi connectivity index (χ4n) is 3.25. The van der Waals surface area contributed by atoms with Crippen LogP contribution >= 0.6 is 0 Å². The summed E-state index contributed by atoms with van der Waals surface area (Å²) < 4.78 is 5.76. The van der Waals surface area contributed by atoms with Crippen LogP contribution in [0.3, 0.4) is 0 Å². The Morgan fingerprint density at radius 3 is 3.16 bits per heavy atom. The van der Waals surface area contributed by atoms with Crippen molar-refractivity contribution < 1.29 is 4.74 Å². The van der Waals surface area contributed by atoms with Crippen LogP contribution in [-0.2, 0) is 11.3 Å². The first kappa shape index (κ1) is 13.1. The number of hydrogen-bond donors (Lipinski definition) is 1. The van der Waals surface area contributed by atoms with Crippen molar-refractivity contribution in [3.05, 3.63) is 35.4 Å². The maximum absolute atomic E-state index is 5.76. The minimum Gasteiger partial charge on any atom is -0.376 e. The van der Waals surface area contributed by atoms with Crippen LogP contribution in [0.2, 0.25) is 0 Å². The van der Waals surface area contributed by atoms with E-state index in [9.17, 15) is 0 Å². The van der Waals surface area contributed by atoms with Gasteiger partial charge in [-0.15, -0.1) is 0 Å². The van der Waals surface area contributed by atoms with Crippen molar-refractivity contribution in [3.63, 3.8) is 0 Å². The molecule has 0 spiro atoms. The van der Waals surface area contributed by atoms with Gasteiger partial charge in [-0.2, -0.15) is 0 Å². The summed E-state index contributed by atoms with van der Waals surface area (Å²) in [6.07, 6.45) is 1.55. The zero-order valence-electron chi connectivity index (χ0n) is 11.8. The molecule has 2 unspecified atom stereocenters. The molecule has 0 bridgehead atoms. The molecule has 2 atom stereocenters. The highest BCUT2D eigenvalue weighted by molar-refractivity contribution is 5.32. The lowest BCUT2D eigenvalue weighted by atomic mass is 9.90. The molecule has 3 rings (SSSR count). The Bertz CT molecular complexity index is 421. The number of hydrogen-bond acceptors (Lipinski definition) is 3. The van der Waals surface area contributed by atoms with Crippen molar-refractivity contribution >= 4 is 0 Å². The molecule has 0 aromatic heterocycles. The molecule has 3 heteroatoms. The Morgan fingerprint density at radius 2 is 2.26 bits per heavy atom. The zero-order valence-corrected chi connectivity index (χ0v) is 11.8. The lowest BCUT2D eigenvalue weighted by Crippen LogP contribution is -2.45. The molecule has 1 N–H and O–H groups in total. The maximum Gasteiger partial charge on any atom is 0.0700 e. The second kappa shape index (κ2) is 6.04. The van der Waals surface area contributed by atoms with Gasteiger partial charge in [-0.25, -0.2) is 0 Å². The van der Waals surface area contributed by atoms with E-state index >= 15 is 0 Å². The minimum atomic E-state index is 0.431. The molecular formula is C16H24N2O. The lowest BCUT2D eigenvalue weighted by Gasteiger charge is -2.36. The van der Waals surface area contributed by atoms with Crippen LogP contribution in [0.5, 0.6) is 0 Å². The molecule has 19 heavy (non-hydrogen) atoms. The van der Waals surface area contributed by atoms with E-state index in [4.69, 9.17) is 4.74 Å². The molecular weight excluding hydrogens is 236 g/mol. The predicted octanol–water partition coefficient (Wildman–Crippen LogP) is 1.98. The predicted molar refractivity (Wildman–Crippen MR) is 77.4 cm³/mol. The molecule has 0 amide bonds. The Labute approximate surface area is 115 Å². The lowest BCUT2D eigenvalue weighted by molar-refractivity contribution is -0.0314. The zero-order chi connectivity index (χ0) is 13.1. The first-order valence-electron chi connectivity index (χ1n) is 7.49. The van der Waals surface area contributed by atoms with Gasteiger partial charge in [-0.3, -0.25) is 4.90 Å². The van der Waals surface area contributed by atoms with Gasteiger partial charge in [0.1, 0.15) is 0 Å². The summed E-state index contributed by atoms with van der Waals surface area (Å²) in [4.78, 5) is 2.58. The fraction of sp³-hybridized carbons (Fsp3) is 0.625. The number of fused-ring (bicyclic) bond motifs is 1. The van der Waals surface area contributed by atoms with Crippen LogP contribution in [0.15, 0.2) is 24.3 Å². The Morgan fingerprint density at radius 1 is 1.37 bits per heavy atom. The highest BCUT2D eigenvalue weighted by Gasteiger charge is 2.25. The standard InChI is InChI=1S/C16H24N2O/c1-2-15-12-18(7-8-19-15)11-14-10-17-9-13-5-3-4-6-16(13)14/h3-6,14-15,17H,2,7-12H2,1H3. The molecule has 104 valence electrons. The fourth-order valence-corrected chi connectivity index (χ4v) is 3.25. The Kier molecular flexibility index (Phi) is 4.16. The van der Waals surface area contributed by atoms with Crippen molar-refractivity contribution in [1.82, 2.24) is 10.2 Å². The topological polar surface area (TPSA) is 24.5 Å². The van der Waals surface area contributed by atoms with E-state index < -0.39 is 0 Å². The summed E-state index contributed by atoms with van der Waals surface area (Å²) in [5.41, 5.74) is 3.01. The quantitative estimate of drug-likeness (QED) is 0.899. The molecule has 1 saturated heterocycles. The van der Waals surface area contributed by atoms with E-state index in [1.165, 1.54) is 5.56 Å². The summed E-state index contributed by atoms with van der Waals surface area (Å²) >= 11 is 0. The van der Waals surface area contributed by atoms with Crippen molar-refractivity contribution in [2.75, 3.05) is 32.8 Å². The summed E-state index contributed by atoms with van der Waals surface area (Å²) in [7, 11) is 0. The van der Waals surface area contributed by atoms with Crippen LogP contribution in [0.1, 0.15) is 30.4 Å². The van der Waals surface area contributed by atoms with Crippen molar-refractivity contribution in [2.45, 2.75) is 31.9 Å². The van der Waals surface area contributed by atoms with Crippen LogP contribution in [0, 0.1) is 0 Å². The monoisotopic (exact) mass is 260 g/mol. The third-order valence-corrected chi connectivity index (χ3v) is 4.36. The average Bonchev–Trinajstić information content (AvgIpc) is 2.48. The second-order valence-corrected chi connectivity index (χ2v) is 5.69. The molecule has 0 aliphatic carbocycles. The summed E-state index contributed by atoms with van der Waals surface area (Å²) in [5.74, 6) is 0.626. The van der Waals surface area contributed by atoms with Gasteiger partial charge in [0.05, 0.1) is 12.7 Å². The van der Waals surface area contributed by atoms with Gasteiger partial charge in [-0.1, -0.05) is 31.2 Å². The summed E-state index contributed by atoms with van der Waals surface area (Å²) in [5, 5.41) is 3.55. The van der Waals surface area contributed by atoms with E-state index in [-0.39, 0.29) is 0 Å². The molecule has 0 radical (unpaired) electrons. The van der Waals surface area contributed by atoms with Crippen LogP contribution < -0.4 is 5.32 Å². The van der Waals surface area contributed by atoms with Gasteiger partial charge >= 0.3 is 0 Å². The Balaban J connectivity index is 1.67. The van der Waals surface area contributed by atoms with Crippen molar-refractivity contribution in [1.29, 1.82) is 0 Å². The number of ether oxygens (including phenoxy) is 1. The SMILES string of the molecule is CCC1CN(CC2CNCc3ccccc32)CCO1. The van der Waals surface area contributed by atoms with E-state index in [2.05, 4.69) is 41.4 Å². The number of benzene rings is 1. The molecule has 2 aliphatic heterocycles. The van der Waals surface area contributed by atoms with E-state index in [0.717, 1.165) is 45.8 Å². The molecule has 1 aromatic rings. The molecule has 1 fully saturated rings. The van der Waals surface area contributed by atoms with Crippen LogP contribution in [0.4, 0.5) is 0 Å². The third-order valence-electron chi connectivity index (χ3n) is 4.36. The minimum absolute atomic E-state index is 0.431. The van der Waals surface area contributed by atoms with Gasteiger partial charge in [0.25, 0.3) is 0 Å². The number of rotatable bonds is 3. The van der Waals surface area contributed by atoms with Gasteiger partial charge in [-0.05, 0) is 17.5 Å². The van der Waals surface area contributed by atoms with E-state index in [1.54, 1.807) is 5.56 Å². The van der Waals surface area contributed by atoms with Gasteiger partial charge in [0, 0.05) is 38.6 Å². The first-order valence-corrected chi connectivity index (χ1v) is 7.49. The number of morpholine rings is 1. The molecule has 2 heterocycles. The maximum atomic E-state index is 5.76. The smallest absolute Gasteiger partial charge is 0.0700 e. The first-order chi connectivity index (χ1) is 9.36. The van der Waals surface area contributed by atoms with E-state index in [1.807, 2.05) is 0 Å².